The summed E-state index contributed by atoms with van der Waals surface area (Å²) in [6.07, 6.45) is 7.32. The van der Waals surface area contributed by atoms with Crippen molar-refractivity contribution in [3.63, 3.8) is 0 Å². The molecule has 0 atom stereocenters. The van der Waals surface area contributed by atoms with Crippen molar-refractivity contribution >= 4 is 5.91 Å². The van der Waals surface area contributed by atoms with Gasteiger partial charge in [0, 0.05) is 42.8 Å². The second kappa shape index (κ2) is 6.30. The van der Waals surface area contributed by atoms with Gasteiger partial charge in [0.1, 0.15) is 5.82 Å². The number of hydrogen-bond donors (Lipinski definition) is 1. The van der Waals surface area contributed by atoms with Crippen LogP contribution in [0.4, 0.5) is 0 Å². The normalized spacial score (nSPS) is 14.6. The van der Waals surface area contributed by atoms with Gasteiger partial charge in [0.05, 0.1) is 5.56 Å². The van der Waals surface area contributed by atoms with E-state index < -0.39 is 0 Å². The molecule has 5 heteroatoms. The predicted molar refractivity (Wildman–Crippen MR) is 84.9 cm³/mol. The van der Waals surface area contributed by atoms with Gasteiger partial charge in [0.15, 0.2) is 0 Å². The van der Waals surface area contributed by atoms with Crippen molar-refractivity contribution in [2.24, 2.45) is 0 Å². The molecule has 5 nitrogen and oxygen atoms in total. The van der Waals surface area contributed by atoms with Crippen LogP contribution in [0.25, 0.3) is 0 Å². The Balaban J connectivity index is 1.58. The van der Waals surface area contributed by atoms with Gasteiger partial charge in [-0.1, -0.05) is 6.42 Å². The van der Waals surface area contributed by atoms with Crippen molar-refractivity contribution in [3.05, 3.63) is 47.3 Å². The average Bonchev–Trinajstić information content (AvgIpc) is 2.79. The first kappa shape index (κ1) is 14.8. The predicted octanol–water partition coefficient (Wildman–Crippen LogP) is 2.59. The van der Waals surface area contributed by atoms with E-state index in [1.54, 1.807) is 12.3 Å². The lowest BCUT2D eigenvalue weighted by molar-refractivity contribution is 0.0951. The summed E-state index contributed by atoms with van der Waals surface area (Å²) in [5, 5.41) is 2.96. The average molecular weight is 298 g/mol. The monoisotopic (exact) mass is 298 g/mol. The largest absolute Gasteiger partial charge is 0.350 e. The molecule has 0 radical (unpaired) electrons. The molecule has 1 amide bonds. The highest BCUT2D eigenvalue weighted by Crippen LogP contribution is 2.35. The Morgan fingerprint density at radius 1 is 1.27 bits per heavy atom. The van der Waals surface area contributed by atoms with Crippen LogP contribution >= 0.6 is 0 Å². The van der Waals surface area contributed by atoms with Crippen molar-refractivity contribution in [2.75, 3.05) is 6.54 Å². The quantitative estimate of drug-likeness (QED) is 0.923. The van der Waals surface area contributed by atoms with E-state index in [0.717, 1.165) is 17.9 Å². The van der Waals surface area contributed by atoms with Gasteiger partial charge in [-0.15, -0.1) is 0 Å². The van der Waals surface area contributed by atoms with Crippen LogP contribution in [0.2, 0.25) is 0 Å². The fourth-order valence-electron chi connectivity index (χ4n) is 2.75. The number of rotatable bonds is 5. The summed E-state index contributed by atoms with van der Waals surface area (Å²) in [5.41, 5.74) is 2.68. The van der Waals surface area contributed by atoms with Crippen molar-refractivity contribution in [2.45, 2.75) is 45.6 Å². The molecule has 2 aromatic rings. The highest BCUT2D eigenvalue weighted by Gasteiger charge is 2.24. The third kappa shape index (κ3) is 3.03. The Hall–Kier alpha value is -2.17. The maximum Gasteiger partial charge on any atom is 0.252 e. The zero-order chi connectivity index (χ0) is 15.5. The number of nitrogens with one attached hydrogen (secondary N) is 1. The van der Waals surface area contributed by atoms with Crippen molar-refractivity contribution in [3.8, 4) is 0 Å². The van der Waals surface area contributed by atoms with Crippen LogP contribution in [-0.2, 0) is 6.54 Å². The van der Waals surface area contributed by atoms with E-state index >= 15 is 0 Å². The minimum Gasteiger partial charge on any atom is -0.350 e. The number of pyridine rings is 1. The number of carbonyl (C=O) groups excluding carboxylic acids is 1. The highest BCUT2D eigenvalue weighted by molar-refractivity contribution is 5.93. The molecule has 116 valence electrons. The number of aromatic nitrogens is 3. The Morgan fingerprint density at radius 2 is 2.09 bits per heavy atom. The van der Waals surface area contributed by atoms with Gasteiger partial charge < -0.3 is 9.88 Å². The molecule has 3 rings (SSSR count). The zero-order valence-corrected chi connectivity index (χ0v) is 13.2. The second-order valence-electron chi connectivity index (χ2n) is 5.98. The molecule has 1 aliphatic carbocycles. The summed E-state index contributed by atoms with van der Waals surface area (Å²) in [6, 6.07) is 3.66. The van der Waals surface area contributed by atoms with Crippen LogP contribution in [0, 0.1) is 13.8 Å². The molecule has 0 unspecified atom stereocenters. The Bertz CT molecular complexity index is 656. The number of nitrogens with zero attached hydrogens (tertiary/aromatic N) is 3. The molecule has 1 saturated carbocycles. The highest BCUT2D eigenvalue weighted by atomic mass is 16.1. The lowest BCUT2D eigenvalue weighted by atomic mass is 9.85. The standard InChI is InChI=1S/C17H22N4O/c1-12-6-7-15(11-19-12)17(22)18-8-9-21-13(2)10-20-16(21)14-4-3-5-14/h6-7,10-11,14H,3-5,8-9H2,1-2H3,(H,18,22). The van der Waals surface area contributed by atoms with Crippen LogP contribution in [0.15, 0.2) is 24.5 Å². The molecule has 0 saturated heterocycles. The first-order chi connectivity index (χ1) is 10.6. The van der Waals surface area contributed by atoms with E-state index in [1.165, 1.54) is 25.1 Å². The van der Waals surface area contributed by atoms with Crippen molar-refractivity contribution < 1.29 is 4.79 Å². The van der Waals surface area contributed by atoms with E-state index in [-0.39, 0.29) is 5.91 Å². The third-order valence-corrected chi connectivity index (χ3v) is 4.35. The first-order valence-electron chi connectivity index (χ1n) is 7.88. The number of imidazole rings is 1. The second-order valence-corrected chi connectivity index (χ2v) is 5.98. The Kier molecular flexibility index (Phi) is 4.22. The van der Waals surface area contributed by atoms with E-state index in [0.29, 0.717) is 18.0 Å². The van der Waals surface area contributed by atoms with Crippen LogP contribution in [0.1, 0.15) is 52.8 Å². The number of aryl methyl sites for hydroxylation is 2. The Labute approximate surface area is 130 Å². The summed E-state index contributed by atoms with van der Waals surface area (Å²) < 4.78 is 2.23. The lowest BCUT2D eigenvalue weighted by Crippen LogP contribution is -2.28. The van der Waals surface area contributed by atoms with E-state index in [4.69, 9.17) is 0 Å². The van der Waals surface area contributed by atoms with E-state index in [9.17, 15) is 4.79 Å². The molecule has 2 heterocycles. The van der Waals surface area contributed by atoms with E-state index in [2.05, 4.69) is 26.8 Å². The summed E-state index contributed by atoms with van der Waals surface area (Å²) in [6.45, 7) is 5.35. The molecule has 1 aliphatic rings. The molecular weight excluding hydrogens is 276 g/mol. The number of amides is 1. The molecule has 1 N–H and O–H groups in total. The lowest BCUT2D eigenvalue weighted by Gasteiger charge is -2.26. The topological polar surface area (TPSA) is 59.8 Å². The van der Waals surface area contributed by atoms with Crippen LogP contribution in [-0.4, -0.2) is 27.0 Å². The van der Waals surface area contributed by atoms with Gasteiger partial charge in [0.2, 0.25) is 0 Å². The molecular formula is C17H22N4O. The van der Waals surface area contributed by atoms with Crippen LogP contribution < -0.4 is 5.32 Å². The van der Waals surface area contributed by atoms with Gasteiger partial charge in [-0.3, -0.25) is 9.78 Å². The molecule has 0 spiro atoms. The first-order valence-corrected chi connectivity index (χ1v) is 7.88. The van der Waals surface area contributed by atoms with Crippen molar-refractivity contribution in [1.82, 2.24) is 19.9 Å². The zero-order valence-electron chi connectivity index (χ0n) is 13.2. The fraction of sp³-hybridized carbons (Fsp3) is 0.471. The smallest absolute Gasteiger partial charge is 0.252 e. The SMILES string of the molecule is Cc1ccc(C(=O)NCCn2c(C)cnc2C2CCC2)cn1. The molecule has 0 aliphatic heterocycles. The Morgan fingerprint density at radius 3 is 2.73 bits per heavy atom. The van der Waals surface area contributed by atoms with Gasteiger partial charge in [0.25, 0.3) is 5.91 Å². The van der Waals surface area contributed by atoms with E-state index in [1.807, 2.05) is 19.2 Å². The third-order valence-electron chi connectivity index (χ3n) is 4.35. The molecule has 0 aromatic carbocycles. The summed E-state index contributed by atoms with van der Waals surface area (Å²) in [5.74, 6) is 1.70. The van der Waals surface area contributed by atoms with Gasteiger partial charge in [-0.05, 0) is 38.8 Å². The minimum atomic E-state index is -0.0736. The summed E-state index contributed by atoms with van der Waals surface area (Å²) in [4.78, 5) is 20.8. The maximum absolute atomic E-state index is 12.1. The van der Waals surface area contributed by atoms with Gasteiger partial charge in [-0.2, -0.15) is 0 Å². The molecule has 0 bridgehead atoms. The van der Waals surface area contributed by atoms with Gasteiger partial charge in [-0.25, -0.2) is 4.98 Å². The van der Waals surface area contributed by atoms with Crippen molar-refractivity contribution in [1.29, 1.82) is 0 Å². The fourth-order valence-corrected chi connectivity index (χ4v) is 2.75. The van der Waals surface area contributed by atoms with Crippen LogP contribution in [0.3, 0.4) is 0 Å². The summed E-state index contributed by atoms with van der Waals surface area (Å²) in [7, 11) is 0. The molecule has 1 fully saturated rings. The minimum absolute atomic E-state index is 0.0736. The molecule has 2 aromatic heterocycles. The van der Waals surface area contributed by atoms with Crippen LogP contribution in [0.5, 0.6) is 0 Å². The van der Waals surface area contributed by atoms with Gasteiger partial charge >= 0.3 is 0 Å². The number of hydrogen-bond acceptors (Lipinski definition) is 3. The number of carbonyl (C=O) groups is 1. The summed E-state index contributed by atoms with van der Waals surface area (Å²) >= 11 is 0. The molecule has 22 heavy (non-hydrogen) atoms. The maximum atomic E-state index is 12.1.